The van der Waals surface area contributed by atoms with E-state index in [1.54, 1.807) is 46.7 Å². The second kappa shape index (κ2) is 9.73. The third-order valence-corrected chi connectivity index (χ3v) is 6.33. The minimum atomic E-state index is -0.0399. The molecule has 0 fully saturated rings. The molecule has 0 aliphatic rings. The van der Waals surface area contributed by atoms with Gasteiger partial charge in [-0.05, 0) is 55.0 Å². The van der Waals surface area contributed by atoms with E-state index in [9.17, 15) is 4.79 Å². The summed E-state index contributed by atoms with van der Waals surface area (Å²) in [6.45, 7) is 2.88. The molecule has 0 aliphatic carbocycles. The Balaban J connectivity index is 1.45. The SMILES string of the molecule is Cc1nc(CSc2ccc(C(=O)N(Cc3cccnc3)Cc3ccco3)cc2)cs1. The number of hydrogen-bond acceptors (Lipinski definition) is 6. The first kappa shape index (κ1) is 20.4. The molecule has 0 bridgehead atoms. The lowest BCUT2D eigenvalue weighted by molar-refractivity contribution is 0.0717. The van der Waals surface area contributed by atoms with E-state index in [0.29, 0.717) is 18.7 Å². The van der Waals surface area contributed by atoms with Crippen LogP contribution < -0.4 is 0 Å². The highest BCUT2D eigenvalue weighted by Gasteiger charge is 2.18. The van der Waals surface area contributed by atoms with Gasteiger partial charge >= 0.3 is 0 Å². The van der Waals surface area contributed by atoms with Gasteiger partial charge in [0.1, 0.15) is 5.76 Å². The number of nitrogens with zero attached hydrogens (tertiary/aromatic N) is 3. The van der Waals surface area contributed by atoms with Crippen LogP contribution in [-0.4, -0.2) is 20.8 Å². The van der Waals surface area contributed by atoms with Crippen LogP contribution in [0, 0.1) is 6.92 Å². The van der Waals surface area contributed by atoms with Crippen molar-refractivity contribution in [1.82, 2.24) is 14.9 Å². The minimum absolute atomic E-state index is 0.0399. The van der Waals surface area contributed by atoms with Gasteiger partial charge in [0.2, 0.25) is 0 Å². The number of aryl methyl sites for hydroxylation is 1. The van der Waals surface area contributed by atoms with E-state index >= 15 is 0 Å². The topological polar surface area (TPSA) is 59.2 Å². The maximum Gasteiger partial charge on any atom is 0.254 e. The van der Waals surface area contributed by atoms with Crippen LogP contribution >= 0.6 is 23.1 Å². The molecule has 3 heterocycles. The Bertz CT molecular complexity index is 1080. The fourth-order valence-corrected chi connectivity index (χ4v) is 4.52. The fourth-order valence-electron chi connectivity index (χ4n) is 3.01. The summed E-state index contributed by atoms with van der Waals surface area (Å²) in [7, 11) is 0. The van der Waals surface area contributed by atoms with E-state index in [1.807, 2.05) is 55.5 Å². The molecule has 4 aromatic rings. The van der Waals surface area contributed by atoms with Crippen molar-refractivity contribution >= 4 is 29.0 Å². The van der Waals surface area contributed by atoms with Crippen LogP contribution in [0.5, 0.6) is 0 Å². The van der Waals surface area contributed by atoms with Crippen molar-refractivity contribution in [3.63, 3.8) is 0 Å². The third-order valence-electron chi connectivity index (χ3n) is 4.46. The fraction of sp³-hybridized carbons (Fsp3) is 0.174. The molecule has 0 aliphatic heterocycles. The minimum Gasteiger partial charge on any atom is -0.467 e. The van der Waals surface area contributed by atoms with Crippen LogP contribution in [0.3, 0.4) is 0 Å². The predicted octanol–water partition coefficient (Wildman–Crippen LogP) is 5.57. The van der Waals surface area contributed by atoms with Crippen molar-refractivity contribution in [3.05, 3.63) is 100 Å². The highest BCUT2D eigenvalue weighted by atomic mass is 32.2. The van der Waals surface area contributed by atoms with Crippen LogP contribution in [0.1, 0.15) is 32.4 Å². The van der Waals surface area contributed by atoms with E-state index in [2.05, 4.69) is 15.3 Å². The van der Waals surface area contributed by atoms with Gasteiger partial charge in [0, 0.05) is 40.5 Å². The van der Waals surface area contributed by atoms with Gasteiger partial charge in [-0.1, -0.05) is 6.07 Å². The van der Waals surface area contributed by atoms with Gasteiger partial charge in [-0.3, -0.25) is 9.78 Å². The van der Waals surface area contributed by atoms with E-state index in [0.717, 1.165) is 32.7 Å². The lowest BCUT2D eigenvalue weighted by Crippen LogP contribution is -2.30. The summed E-state index contributed by atoms with van der Waals surface area (Å²) in [5.74, 6) is 1.53. The van der Waals surface area contributed by atoms with Gasteiger partial charge in [0.05, 0.1) is 23.5 Å². The summed E-state index contributed by atoms with van der Waals surface area (Å²) in [5.41, 5.74) is 2.71. The van der Waals surface area contributed by atoms with Crippen molar-refractivity contribution in [2.75, 3.05) is 0 Å². The number of rotatable bonds is 8. The van der Waals surface area contributed by atoms with Crippen molar-refractivity contribution in [2.24, 2.45) is 0 Å². The molecule has 5 nitrogen and oxygen atoms in total. The molecule has 0 spiro atoms. The summed E-state index contributed by atoms with van der Waals surface area (Å²) < 4.78 is 5.46. The van der Waals surface area contributed by atoms with Crippen molar-refractivity contribution in [3.8, 4) is 0 Å². The number of carbonyl (C=O) groups excluding carboxylic acids is 1. The van der Waals surface area contributed by atoms with E-state index < -0.39 is 0 Å². The zero-order valence-corrected chi connectivity index (χ0v) is 18.2. The first-order valence-corrected chi connectivity index (χ1v) is 11.4. The highest BCUT2D eigenvalue weighted by molar-refractivity contribution is 7.98. The molecular formula is C23H21N3O2S2. The molecule has 0 saturated heterocycles. The molecule has 0 saturated carbocycles. The molecule has 0 radical (unpaired) electrons. The quantitative estimate of drug-likeness (QED) is 0.338. The summed E-state index contributed by atoms with van der Waals surface area (Å²) in [6.07, 6.45) is 5.13. The zero-order valence-electron chi connectivity index (χ0n) is 16.5. The molecule has 4 rings (SSSR count). The van der Waals surface area contributed by atoms with Crippen molar-refractivity contribution in [1.29, 1.82) is 0 Å². The second-order valence-corrected chi connectivity index (χ2v) is 8.88. The first-order chi connectivity index (χ1) is 14.7. The standard InChI is InChI=1S/C23H21N3O2S2/c1-17-25-20(15-29-17)16-30-22-8-6-19(7-9-22)23(27)26(14-21-5-3-11-28-21)13-18-4-2-10-24-12-18/h2-12,15H,13-14,16H2,1H3. The number of pyridine rings is 1. The molecule has 0 unspecified atom stereocenters. The Morgan fingerprint density at radius 1 is 1.13 bits per heavy atom. The molecule has 7 heteroatoms. The van der Waals surface area contributed by atoms with Crippen molar-refractivity contribution < 1.29 is 9.21 Å². The number of thioether (sulfide) groups is 1. The molecular weight excluding hydrogens is 414 g/mol. The molecule has 1 amide bonds. The Kier molecular flexibility index (Phi) is 6.61. The number of amides is 1. The highest BCUT2D eigenvalue weighted by Crippen LogP contribution is 2.24. The molecule has 0 atom stereocenters. The molecule has 3 aromatic heterocycles. The lowest BCUT2D eigenvalue weighted by atomic mass is 10.1. The number of aromatic nitrogens is 2. The van der Waals surface area contributed by atoms with E-state index in [4.69, 9.17) is 4.42 Å². The smallest absolute Gasteiger partial charge is 0.254 e. The monoisotopic (exact) mass is 435 g/mol. The molecule has 30 heavy (non-hydrogen) atoms. The maximum absolute atomic E-state index is 13.2. The van der Waals surface area contributed by atoms with Crippen molar-refractivity contribution in [2.45, 2.75) is 30.7 Å². The zero-order chi connectivity index (χ0) is 20.8. The first-order valence-electron chi connectivity index (χ1n) is 9.52. The third kappa shape index (κ3) is 5.37. The Morgan fingerprint density at radius 3 is 2.67 bits per heavy atom. The number of hydrogen-bond donors (Lipinski definition) is 0. The van der Waals surface area contributed by atoms with Crippen LogP contribution in [0.25, 0.3) is 0 Å². The van der Waals surface area contributed by atoms with Gasteiger partial charge in [-0.25, -0.2) is 4.98 Å². The number of benzene rings is 1. The van der Waals surface area contributed by atoms with Crippen LogP contribution in [0.2, 0.25) is 0 Å². The number of thiazole rings is 1. The largest absolute Gasteiger partial charge is 0.467 e. The second-order valence-electron chi connectivity index (χ2n) is 6.77. The van der Waals surface area contributed by atoms with Gasteiger partial charge in [0.15, 0.2) is 0 Å². The summed E-state index contributed by atoms with van der Waals surface area (Å²) >= 11 is 3.38. The van der Waals surface area contributed by atoms with Crippen LogP contribution in [-0.2, 0) is 18.8 Å². The molecule has 1 aromatic carbocycles. The van der Waals surface area contributed by atoms with Gasteiger partial charge in [-0.15, -0.1) is 23.1 Å². The van der Waals surface area contributed by atoms with E-state index in [-0.39, 0.29) is 5.91 Å². The lowest BCUT2D eigenvalue weighted by Gasteiger charge is -2.22. The Labute approximate surface area is 183 Å². The maximum atomic E-state index is 13.2. The molecule has 152 valence electrons. The van der Waals surface area contributed by atoms with Crippen LogP contribution in [0.15, 0.2) is 81.9 Å². The normalized spacial score (nSPS) is 10.8. The summed E-state index contributed by atoms with van der Waals surface area (Å²) in [5, 5.41) is 3.17. The molecule has 0 N–H and O–H groups in total. The van der Waals surface area contributed by atoms with Gasteiger partial charge < -0.3 is 9.32 Å². The van der Waals surface area contributed by atoms with Crippen LogP contribution in [0.4, 0.5) is 0 Å². The Hall–Kier alpha value is -2.90. The van der Waals surface area contributed by atoms with E-state index in [1.165, 1.54) is 0 Å². The summed E-state index contributed by atoms with van der Waals surface area (Å²) in [6, 6.07) is 15.3. The average molecular weight is 436 g/mol. The summed E-state index contributed by atoms with van der Waals surface area (Å²) in [4.78, 5) is 24.8. The average Bonchev–Trinajstić information content (AvgIpc) is 3.44. The number of furan rings is 1. The predicted molar refractivity (Wildman–Crippen MR) is 119 cm³/mol. The van der Waals surface area contributed by atoms with Gasteiger partial charge in [0.25, 0.3) is 5.91 Å². The number of carbonyl (C=O) groups is 1. The Morgan fingerprint density at radius 2 is 2.00 bits per heavy atom. The van der Waals surface area contributed by atoms with Gasteiger partial charge in [-0.2, -0.15) is 0 Å².